The van der Waals surface area contributed by atoms with E-state index in [1.165, 1.54) is 154 Å². The molecule has 7 atom stereocenters. The lowest BCUT2D eigenvalue weighted by Gasteiger charge is -2.41. The normalized spacial score (nSPS) is 20.8. The Hall–Kier alpha value is -1.42. The summed E-state index contributed by atoms with van der Waals surface area (Å²) in [5, 5.41) is 44.7. The van der Waals surface area contributed by atoms with Gasteiger partial charge in [-0.3, -0.25) is 9.35 Å². The first-order valence-electron chi connectivity index (χ1n) is 24.7. The minimum atomic E-state index is -5.08. The summed E-state index contributed by atoms with van der Waals surface area (Å²) in [4.78, 5) is 13.0. The fourth-order valence-electron chi connectivity index (χ4n) is 7.86. The first kappa shape index (κ1) is 57.6. The van der Waals surface area contributed by atoms with Gasteiger partial charge in [0, 0.05) is 6.42 Å². The molecule has 0 aromatic heterocycles. The number of allylic oxidation sites excluding steroid dienone is 3. The molecular weight excluding hydrogens is 799 g/mol. The highest BCUT2D eigenvalue weighted by atomic mass is 32.3. The van der Waals surface area contributed by atoms with Gasteiger partial charge in [0.1, 0.15) is 24.4 Å². The third kappa shape index (κ3) is 32.0. The van der Waals surface area contributed by atoms with Crippen molar-refractivity contribution in [1.29, 1.82) is 0 Å². The second-order valence-corrected chi connectivity index (χ2v) is 18.4. The maximum atomic E-state index is 13.0. The van der Waals surface area contributed by atoms with E-state index in [2.05, 4.69) is 35.5 Å². The van der Waals surface area contributed by atoms with Crippen molar-refractivity contribution < 1.29 is 51.8 Å². The molecule has 0 aromatic rings. The molecule has 12 nitrogen and oxygen atoms in total. The number of amides is 1. The third-order valence-corrected chi connectivity index (χ3v) is 12.2. The number of ether oxygens (including phenoxy) is 2. The lowest BCUT2D eigenvalue weighted by Crippen LogP contribution is -2.61. The largest absolute Gasteiger partial charge is 0.397 e. The van der Waals surface area contributed by atoms with Gasteiger partial charge in [0.15, 0.2) is 6.29 Å². The summed E-state index contributed by atoms with van der Waals surface area (Å²) in [6, 6.07) is -0.941. The highest BCUT2D eigenvalue weighted by molar-refractivity contribution is 7.80. The summed E-state index contributed by atoms with van der Waals surface area (Å²) < 4.78 is 47.6. The van der Waals surface area contributed by atoms with E-state index >= 15 is 0 Å². The minimum absolute atomic E-state index is 0.263. The highest BCUT2D eigenvalue weighted by Crippen LogP contribution is 2.26. The fraction of sp³-hybridized carbons (Fsp3) is 0.896. The van der Waals surface area contributed by atoms with Crippen molar-refractivity contribution in [2.75, 3.05) is 13.2 Å². The summed E-state index contributed by atoms with van der Waals surface area (Å²) in [6.45, 7) is 3.38. The van der Waals surface area contributed by atoms with Crippen LogP contribution in [0.15, 0.2) is 24.3 Å². The van der Waals surface area contributed by atoms with E-state index in [1.807, 2.05) is 6.08 Å². The van der Waals surface area contributed by atoms with Gasteiger partial charge in [0.2, 0.25) is 5.91 Å². The summed E-state index contributed by atoms with van der Waals surface area (Å²) in [5.41, 5.74) is 0. The number of aliphatic hydroxyl groups is 4. The van der Waals surface area contributed by atoms with Crippen LogP contribution in [0.4, 0.5) is 0 Å². The Morgan fingerprint density at radius 1 is 0.639 bits per heavy atom. The monoisotopic (exact) mass is 890 g/mol. The van der Waals surface area contributed by atoms with Crippen molar-refractivity contribution in [2.45, 2.75) is 262 Å². The average molecular weight is 890 g/mol. The Balaban J connectivity index is 2.44. The Morgan fingerprint density at radius 3 is 1.48 bits per heavy atom. The van der Waals surface area contributed by atoms with Crippen LogP contribution in [0.5, 0.6) is 0 Å². The molecule has 1 aliphatic heterocycles. The molecule has 0 aliphatic carbocycles. The molecule has 6 N–H and O–H groups in total. The maximum absolute atomic E-state index is 13.0. The minimum Gasteiger partial charge on any atom is -0.394 e. The molecule has 360 valence electrons. The van der Waals surface area contributed by atoms with Crippen molar-refractivity contribution in [3.05, 3.63) is 24.3 Å². The van der Waals surface area contributed by atoms with E-state index in [-0.39, 0.29) is 18.9 Å². The molecule has 5 unspecified atom stereocenters. The van der Waals surface area contributed by atoms with Gasteiger partial charge < -0.3 is 35.2 Å². The predicted octanol–water partition coefficient (Wildman–Crippen LogP) is 10.1. The number of unbranched alkanes of at least 4 members (excludes halogenated alkanes) is 28. The number of carbonyl (C=O) groups excluding carboxylic acids is 1. The second kappa shape index (κ2) is 39.0. The van der Waals surface area contributed by atoms with Crippen LogP contribution in [0, 0.1) is 0 Å². The van der Waals surface area contributed by atoms with Crippen LogP contribution in [-0.4, -0.2) is 95.4 Å². The zero-order valence-electron chi connectivity index (χ0n) is 38.5. The van der Waals surface area contributed by atoms with E-state index in [0.717, 1.165) is 38.5 Å². The molecular formula is C48H91NO11S. The number of hydrogen-bond acceptors (Lipinski definition) is 10. The molecule has 1 heterocycles. The zero-order chi connectivity index (χ0) is 44.8. The number of nitrogens with one attached hydrogen (secondary N) is 1. The Labute approximate surface area is 372 Å². The topological polar surface area (TPSA) is 192 Å². The first-order valence-corrected chi connectivity index (χ1v) is 26.1. The Kier molecular flexibility index (Phi) is 36.8. The Bertz CT molecular complexity index is 1190. The van der Waals surface area contributed by atoms with E-state index in [1.54, 1.807) is 6.08 Å². The molecule has 13 heteroatoms. The summed E-state index contributed by atoms with van der Waals surface area (Å²) in [5.74, 6) is -0.263. The van der Waals surface area contributed by atoms with E-state index in [0.29, 0.717) is 6.42 Å². The van der Waals surface area contributed by atoms with Crippen molar-refractivity contribution in [2.24, 2.45) is 0 Å². The predicted molar refractivity (Wildman–Crippen MR) is 245 cm³/mol. The van der Waals surface area contributed by atoms with Crippen LogP contribution in [0.2, 0.25) is 0 Å². The molecule has 1 aliphatic rings. The van der Waals surface area contributed by atoms with Crippen LogP contribution < -0.4 is 5.32 Å². The van der Waals surface area contributed by atoms with Crippen LogP contribution in [0.25, 0.3) is 0 Å². The van der Waals surface area contributed by atoms with Crippen LogP contribution in [0.3, 0.4) is 0 Å². The molecule has 61 heavy (non-hydrogen) atoms. The van der Waals surface area contributed by atoms with Crippen LogP contribution >= 0.6 is 0 Å². The van der Waals surface area contributed by atoms with E-state index in [4.69, 9.17) is 9.47 Å². The quantitative estimate of drug-likeness (QED) is 0.0194. The van der Waals surface area contributed by atoms with Gasteiger partial charge in [-0.25, -0.2) is 4.18 Å². The number of hydrogen-bond donors (Lipinski definition) is 6. The van der Waals surface area contributed by atoms with Gasteiger partial charge in [0.05, 0.1) is 25.4 Å². The van der Waals surface area contributed by atoms with Crippen molar-refractivity contribution in [1.82, 2.24) is 5.32 Å². The van der Waals surface area contributed by atoms with Crippen LogP contribution in [-0.2, 0) is 28.9 Å². The van der Waals surface area contributed by atoms with Gasteiger partial charge in [0.25, 0.3) is 0 Å². The average Bonchev–Trinajstić information content (AvgIpc) is 3.23. The summed E-state index contributed by atoms with van der Waals surface area (Å²) in [6.07, 6.45) is 36.4. The van der Waals surface area contributed by atoms with Gasteiger partial charge in [-0.2, -0.15) is 8.42 Å². The Morgan fingerprint density at radius 2 is 1.05 bits per heavy atom. The molecule has 0 saturated carbocycles. The molecule has 0 aromatic carbocycles. The van der Waals surface area contributed by atoms with Crippen molar-refractivity contribution >= 4 is 16.3 Å². The van der Waals surface area contributed by atoms with E-state index in [9.17, 15) is 38.2 Å². The lowest BCUT2D eigenvalue weighted by atomic mass is 9.99. The number of carbonyl (C=O) groups is 1. The van der Waals surface area contributed by atoms with Crippen molar-refractivity contribution in [3.63, 3.8) is 0 Å². The van der Waals surface area contributed by atoms with Gasteiger partial charge in [-0.1, -0.05) is 192 Å². The van der Waals surface area contributed by atoms with Crippen molar-refractivity contribution in [3.8, 4) is 0 Å². The third-order valence-electron chi connectivity index (χ3n) is 11.7. The SMILES string of the molecule is CCCCCCCC/C=C\CCCCCCCCCCCCCC(=O)NC(CO[C@@H]1OC(CO)[C@H](O)C(OS(=O)(=O)O)C1O)C(O)/C=C/CCCCCCCCCCCCC. The van der Waals surface area contributed by atoms with Crippen LogP contribution in [0.1, 0.15) is 219 Å². The fourth-order valence-corrected chi connectivity index (χ4v) is 8.37. The van der Waals surface area contributed by atoms with Gasteiger partial charge in [-0.15, -0.1) is 0 Å². The molecule has 0 radical (unpaired) electrons. The molecule has 1 rings (SSSR count). The molecule has 1 fully saturated rings. The van der Waals surface area contributed by atoms with Gasteiger partial charge >= 0.3 is 10.4 Å². The maximum Gasteiger partial charge on any atom is 0.397 e. The lowest BCUT2D eigenvalue weighted by molar-refractivity contribution is -0.298. The molecule has 1 amide bonds. The smallest absolute Gasteiger partial charge is 0.394 e. The summed E-state index contributed by atoms with van der Waals surface area (Å²) >= 11 is 0. The zero-order valence-corrected chi connectivity index (χ0v) is 39.3. The summed E-state index contributed by atoms with van der Waals surface area (Å²) in [7, 11) is -5.08. The standard InChI is InChI=1S/C48H91NO11S/c1-3-5-7-9-11-13-15-17-18-19-20-21-22-23-24-26-28-30-32-34-36-38-44(52)49-41(42(51)37-35-33-31-29-27-25-16-14-12-10-8-6-4-2)40-58-48-46(54)47(60-61(55,56)57)45(53)43(39-50)59-48/h17-18,35,37,41-43,45-48,50-51,53-54H,3-16,19-34,36,38-40H2,1-2H3,(H,49,52)(H,55,56,57)/b18-17-,37-35+/t41?,42?,43?,45-,46?,47?,48+/m0/s1. The molecule has 0 bridgehead atoms. The van der Waals surface area contributed by atoms with Gasteiger partial charge in [-0.05, 0) is 44.9 Å². The highest BCUT2D eigenvalue weighted by Gasteiger charge is 2.48. The molecule has 1 saturated heterocycles. The number of aliphatic hydroxyl groups excluding tert-OH is 4. The molecule has 0 spiro atoms. The number of rotatable bonds is 42. The first-order chi connectivity index (χ1) is 29.5. The van der Waals surface area contributed by atoms with E-state index < -0.39 is 59.9 Å². The second-order valence-electron chi connectivity index (χ2n) is 17.4.